The Kier molecular flexibility index (Phi) is 9.43. The molecule has 8 heteroatoms. The fourth-order valence-electron chi connectivity index (χ4n) is 3.84. The Morgan fingerprint density at radius 1 is 1.03 bits per heavy atom. The lowest BCUT2D eigenvalue weighted by molar-refractivity contribution is 0.0792. The van der Waals surface area contributed by atoms with Crippen LogP contribution in [-0.2, 0) is 13.1 Å². The number of nitrogens with zero attached hydrogens (tertiary/aromatic N) is 2. The van der Waals surface area contributed by atoms with Crippen LogP contribution >= 0.6 is 24.0 Å². The highest BCUT2D eigenvalue weighted by molar-refractivity contribution is 14.0. The van der Waals surface area contributed by atoms with Crippen molar-refractivity contribution in [3.63, 3.8) is 0 Å². The molecule has 32 heavy (non-hydrogen) atoms. The quantitative estimate of drug-likeness (QED) is 0.299. The number of anilines is 1. The van der Waals surface area contributed by atoms with Crippen LogP contribution in [-0.4, -0.2) is 55.4 Å². The summed E-state index contributed by atoms with van der Waals surface area (Å²) >= 11 is 0. The number of aliphatic imine (C=N–C) groups is 1. The van der Waals surface area contributed by atoms with Crippen molar-refractivity contribution in [1.29, 1.82) is 0 Å². The van der Waals surface area contributed by atoms with E-state index in [9.17, 15) is 5.11 Å². The Morgan fingerprint density at radius 3 is 2.44 bits per heavy atom. The van der Waals surface area contributed by atoms with E-state index >= 15 is 0 Å². The number of hydrogen-bond acceptors (Lipinski definition) is 5. The average molecular weight is 552 g/mol. The van der Waals surface area contributed by atoms with Gasteiger partial charge in [0.1, 0.15) is 0 Å². The summed E-state index contributed by atoms with van der Waals surface area (Å²) in [5.41, 5.74) is 3.40. The van der Waals surface area contributed by atoms with Gasteiger partial charge in [-0.05, 0) is 36.1 Å². The predicted molar refractivity (Wildman–Crippen MR) is 138 cm³/mol. The van der Waals surface area contributed by atoms with Crippen molar-refractivity contribution >= 4 is 35.6 Å². The van der Waals surface area contributed by atoms with Gasteiger partial charge in [0.2, 0.25) is 0 Å². The minimum Gasteiger partial charge on any atom is -0.490 e. The second kappa shape index (κ2) is 12.3. The van der Waals surface area contributed by atoms with Crippen molar-refractivity contribution in [2.45, 2.75) is 38.5 Å². The molecule has 174 valence electrons. The Balaban J connectivity index is 0.00000289. The molecule has 2 aromatic rings. The number of ether oxygens (including phenoxy) is 2. The van der Waals surface area contributed by atoms with Gasteiger partial charge in [-0.25, -0.2) is 0 Å². The fourth-order valence-corrected chi connectivity index (χ4v) is 3.84. The maximum Gasteiger partial charge on any atom is 0.195 e. The standard InChI is InChI=1S/C24H32N4O3.HI/c1-25-24(27-20-7-8-22-23(15-20)31-14-2-13-30-22)26-16-18-3-5-19(6-4-18)17-28-11-9-21(29)10-12-28;/h3-8,15,21,29H,2,9-14,16-17H2,1H3,(H2,25,26,27);1H. The zero-order chi connectivity index (χ0) is 21.5. The minimum atomic E-state index is -0.126. The molecule has 2 aliphatic heterocycles. The normalized spacial score (nSPS) is 17.2. The number of aliphatic hydroxyl groups is 1. The smallest absolute Gasteiger partial charge is 0.195 e. The second-order valence-corrected chi connectivity index (χ2v) is 8.09. The van der Waals surface area contributed by atoms with Gasteiger partial charge in [0.05, 0.1) is 19.3 Å². The summed E-state index contributed by atoms with van der Waals surface area (Å²) < 4.78 is 11.5. The molecular weight excluding hydrogens is 519 g/mol. The monoisotopic (exact) mass is 552 g/mol. The molecular formula is C24H33IN4O3. The van der Waals surface area contributed by atoms with E-state index in [2.05, 4.69) is 44.8 Å². The molecule has 0 unspecified atom stereocenters. The van der Waals surface area contributed by atoms with Crippen molar-refractivity contribution in [3.8, 4) is 11.5 Å². The Hall–Kier alpha value is -2.04. The van der Waals surface area contributed by atoms with Crippen LogP contribution < -0.4 is 20.1 Å². The van der Waals surface area contributed by atoms with Gasteiger partial charge in [-0.2, -0.15) is 0 Å². The molecule has 0 atom stereocenters. The summed E-state index contributed by atoms with van der Waals surface area (Å²) in [5.74, 6) is 2.24. The molecule has 0 amide bonds. The molecule has 0 aromatic heterocycles. The number of halogens is 1. The van der Waals surface area contributed by atoms with Crippen molar-refractivity contribution in [1.82, 2.24) is 10.2 Å². The van der Waals surface area contributed by atoms with Crippen LogP contribution in [0.4, 0.5) is 5.69 Å². The van der Waals surface area contributed by atoms with Crippen LogP contribution in [0.2, 0.25) is 0 Å². The van der Waals surface area contributed by atoms with Gasteiger partial charge >= 0.3 is 0 Å². The summed E-state index contributed by atoms with van der Waals surface area (Å²) in [5, 5.41) is 16.3. The molecule has 0 bridgehead atoms. The first-order chi connectivity index (χ1) is 15.2. The number of likely N-dealkylation sites (tertiary alicyclic amines) is 1. The van der Waals surface area contributed by atoms with Crippen LogP contribution in [0.15, 0.2) is 47.5 Å². The van der Waals surface area contributed by atoms with Crippen molar-refractivity contribution in [2.75, 3.05) is 38.7 Å². The summed E-state index contributed by atoms with van der Waals surface area (Å²) in [6.07, 6.45) is 2.51. The number of rotatable bonds is 5. The third-order valence-electron chi connectivity index (χ3n) is 5.68. The van der Waals surface area contributed by atoms with Gasteiger partial charge in [-0.3, -0.25) is 9.89 Å². The molecule has 1 fully saturated rings. The first-order valence-electron chi connectivity index (χ1n) is 11.0. The van der Waals surface area contributed by atoms with E-state index in [4.69, 9.17) is 9.47 Å². The van der Waals surface area contributed by atoms with E-state index in [0.717, 1.165) is 56.1 Å². The third kappa shape index (κ3) is 6.98. The molecule has 0 aliphatic carbocycles. The van der Waals surface area contributed by atoms with Gasteiger partial charge < -0.3 is 25.2 Å². The highest BCUT2D eigenvalue weighted by atomic mass is 127. The minimum absolute atomic E-state index is 0. The van der Waals surface area contributed by atoms with Gasteiger partial charge in [0, 0.05) is 51.4 Å². The lowest BCUT2D eigenvalue weighted by Gasteiger charge is -2.29. The SMILES string of the molecule is CN=C(NCc1ccc(CN2CCC(O)CC2)cc1)Nc1ccc2c(c1)OCCCO2.I. The molecule has 3 N–H and O–H groups in total. The van der Waals surface area contributed by atoms with E-state index in [1.807, 2.05) is 18.2 Å². The number of fused-ring (bicyclic) bond motifs is 1. The number of guanidine groups is 1. The average Bonchev–Trinajstić information content (AvgIpc) is 3.04. The largest absolute Gasteiger partial charge is 0.490 e. The van der Waals surface area contributed by atoms with E-state index < -0.39 is 0 Å². The summed E-state index contributed by atoms with van der Waals surface area (Å²) in [6, 6.07) is 14.5. The Morgan fingerprint density at radius 2 is 1.72 bits per heavy atom. The highest BCUT2D eigenvalue weighted by Gasteiger charge is 2.16. The van der Waals surface area contributed by atoms with Crippen LogP contribution in [0.5, 0.6) is 11.5 Å². The van der Waals surface area contributed by atoms with Gasteiger partial charge in [0.15, 0.2) is 17.5 Å². The molecule has 1 saturated heterocycles. The van der Waals surface area contributed by atoms with E-state index in [-0.39, 0.29) is 30.1 Å². The molecule has 2 aliphatic rings. The van der Waals surface area contributed by atoms with E-state index in [1.54, 1.807) is 7.05 Å². The molecule has 0 radical (unpaired) electrons. The third-order valence-corrected chi connectivity index (χ3v) is 5.68. The first-order valence-corrected chi connectivity index (χ1v) is 11.0. The Bertz CT molecular complexity index is 883. The van der Waals surface area contributed by atoms with Crippen molar-refractivity contribution in [2.24, 2.45) is 4.99 Å². The predicted octanol–water partition coefficient (Wildman–Crippen LogP) is 3.61. The molecule has 0 saturated carbocycles. The molecule has 2 heterocycles. The number of nitrogens with one attached hydrogen (secondary N) is 2. The fraction of sp³-hybridized carbons (Fsp3) is 0.458. The van der Waals surface area contributed by atoms with Gasteiger partial charge in [-0.1, -0.05) is 24.3 Å². The number of aliphatic hydroxyl groups excluding tert-OH is 1. The van der Waals surface area contributed by atoms with Crippen LogP contribution in [0.25, 0.3) is 0 Å². The second-order valence-electron chi connectivity index (χ2n) is 8.09. The summed E-state index contributed by atoms with van der Waals surface area (Å²) in [7, 11) is 1.76. The van der Waals surface area contributed by atoms with Crippen LogP contribution in [0.1, 0.15) is 30.4 Å². The molecule has 0 spiro atoms. The zero-order valence-electron chi connectivity index (χ0n) is 18.5. The summed E-state index contributed by atoms with van der Waals surface area (Å²) in [4.78, 5) is 6.73. The first kappa shape index (κ1) is 24.6. The van der Waals surface area contributed by atoms with E-state index in [1.165, 1.54) is 11.1 Å². The van der Waals surface area contributed by atoms with Crippen molar-refractivity contribution < 1.29 is 14.6 Å². The lowest BCUT2D eigenvalue weighted by Crippen LogP contribution is -2.35. The highest BCUT2D eigenvalue weighted by Crippen LogP contribution is 2.32. The van der Waals surface area contributed by atoms with Crippen molar-refractivity contribution in [3.05, 3.63) is 53.6 Å². The topological polar surface area (TPSA) is 78.4 Å². The van der Waals surface area contributed by atoms with Gasteiger partial charge in [0.25, 0.3) is 0 Å². The van der Waals surface area contributed by atoms with E-state index in [0.29, 0.717) is 25.7 Å². The van der Waals surface area contributed by atoms with Crippen LogP contribution in [0.3, 0.4) is 0 Å². The maximum atomic E-state index is 9.65. The zero-order valence-corrected chi connectivity index (χ0v) is 20.9. The number of benzene rings is 2. The maximum absolute atomic E-state index is 9.65. The van der Waals surface area contributed by atoms with Crippen LogP contribution in [0, 0.1) is 0 Å². The molecule has 2 aromatic carbocycles. The van der Waals surface area contributed by atoms with Gasteiger partial charge in [-0.15, -0.1) is 24.0 Å². The summed E-state index contributed by atoms with van der Waals surface area (Å²) in [6.45, 7) is 4.90. The molecule has 7 nitrogen and oxygen atoms in total. The number of piperidine rings is 1. The Labute approximate surface area is 207 Å². The molecule has 4 rings (SSSR count). The number of hydrogen-bond donors (Lipinski definition) is 3. The lowest BCUT2D eigenvalue weighted by atomic mass is 10.1.